The highest BCUT2D eigenvalue weighted by Gasteiger charge is 2.19. The third kappa shape index (κ3) is 3.26. The zero-order valence-corrected chi connectivity index (χ0v) is 9.67. The molecule has 0 radical (unpaired) electrons. The lowest BCUT2D eigenvalue weighted by atomic mass is 9.86. The molecule has 1 heterocycles. The van der Waals surface area contributed by atoms with Gasteiger partial charge in [-0.05, 0) is 31.6 Å². The fourth-order valence-corrected chi connectivity index (χ4v) is 2.67. The summed E-state index contributed by atoms with van der Waals surface area (Å²) in [7, 11) is 0. The second-order valence-electron chi connectivity index (χ2n) is 4.25. The molecular formula is C11H18N2OS. The first kappa shape index (κ1) is 11.0. The van der Waals surface area contributed by atoms with E-state index in [2.05, 4.69) is 10.3 Å². The predicted molar refractivity (Wildman–Crippen MR) is 61.8 cm³/mol. The van der Waals surface area contributed by atoms with Gasteiger partial charge < -0.3 is 10.4 Å². The van der Waals surface area contributed by atoms with E-state index < -0.39 is 0 Å². The normalized spacial score (nSPS) is 26.7. The van der Waals surface area contributed by atoms with Crippen molar-refractivity contribution in [2.24, 2.45) is 5.92 Å². The zero-order valence-electron chi connectivity index (χ0n) is 8.85. The van der Waals surface area contributed by atoms with Crippen LogP contribution in [-0.2, 0) is 6.54 Å². The maximum Gasteiger partial charge on any atom is 0.0794 e. The van der Waals surface area contributed by atoms with Crippen molar-refractivity contribution in [1.29, 1.82) is 0 Å². The number of thiazole rings is 1. The van der Waals surface area contributed by atoms with E-state index in [1.54, 1.807) is 11.3 Å². The number of hydrogen-bond donors (Lipinski definition) is 2. The smallest absolute Gasteiger partial charge is 0.0794 e. The van der Waals surface area contributed by atoms with Crippen LogP contribution in [0.25, 0.3) is 0 Å². The van der Waals surface area contributed by atoms with E-state index in [4.69, 9.17) is 5.11 Å². The molecule has 3 nitrogen and oxygen atoms in total. The van der Waals surface area contributed by atoms with Crippen LogP contribution in [-0.4, -0.2) is 22.7 Å². The second kappa shape index (κ2) is 5.58. The number of nitrogens with one attached hydrogen (secondary N) is 1. The highest BCUT2D eigenvalue weighted by molar-refractivity contribution is 7.09. The van der Waals surface area contributed by atoms with E-state index >= 15 is 0 Å². The average Bonchev–Trinajstić information content (AvgIpc) is 2.80. The molecule has 1 fully saturated rings. The van der Waals surface area contributed by atoms with Crippen LogP contribution in [0.2, 0.25) is 0 Å². The molecule has 1 aromatic heterocycles. The Hall–Kier alpha value is -0.450. The van der Waals surface area contributed by atoms with Gasteiger partial charge in [-0.2, -0.15) is 0 Å². The van der Waals surface area contributed by atoms with Gasteiger partial charge in [0.1, 0.15) is 0 Å². The van der Waals surface area contributed by atoms with Crippen LogP contribution < -0.4 is 5.32 Å². The summed E-state index contributed by atoms with van der Waals surface area (Å²) in [4.78, 5) is 5.36. The second-order valence-corrected chi connectivity index (χ2v) is 5.22. The van der Waals surface area contributed by atoms with Gasteiger partial charge in [0.25, 0.3) is 0 Å². The van der Waals surface area contributed by atoms with Gasteiger partial charge in [0, 0.05) is 30.3 Å². The number of hydrogen-bond acceptors (Lipinski definition) is 4. The Balaban J connectivity index is 1.69. The van der Waals surface area contributed by atoms with Gasteiger partial charge in [0.2, 0.25) is 0 Å². The Kier molecular flexibility index (Phi) is 4.11. The lowest BCUT2D eigenvalue weighted by molar-refractivity contribution is 0.175. The van der Waals surface area contributed by atoms with Crippen molar-refractivity contribution in [2.45, 2.75) is 38.3 Å². The summed E-state index contributed by atoms with van der Waals surface area (Å²) in [6.45, 7) is 1.31. The van der Waals surface area contributed by atoms with Gasteiger partial charge >= 0.3 is 0 Å². The third-order valence-corrected chi connectivity index (χ3v) is 3.93. The molecule has 0 bridgehead atoms. The Morgan fingerprint density at radius 1 is 1.40 bits per heavy atom. The number of aliphatic hydroxyl groups excluding tert-OH is 1. The van der Waals surface area contributed by atoms with Crippen molar-refractivity contribution in [3.8, 4) is 0 Å². The molecule has 0 spiro atoms. The third-order valence-electron chi connectivity index (χ3n) is 3.15. The van der Waals surface area contributed by atoms with E-state index in [-0.39, 0.29) is 0 Å². The summed E-state index contributed by atoms with van der Waals surface area (Å²) in [5.41, 5.74) is 1.87. The lowest BCUT2D eigenvalue weighted by Gasteiger charge is -2.27. The summed E-state index contributed by atoms with van der Waals surface area (Å²) in [6.07, 6.45) is 6.65. The van der Waals surface area contributed by atoms with Crippen LogP contribution >= 0.6 is 11.3 Å². The molecule has 0 aromatic carbocycles. The first-order valence-corrected chi connectivity index (χ1v) is 6.48. The SMILES string of the molecule is OCC1CCC(NCc2cncs2)CC1. The first-order chi connectivity index (χ1) is 7.38. The van der Waals surface area contributed by atoms with Gasteiger partial charge in [-0.1, -0.05) is 0 Å². The van der Waals surface area contributed by atoms with Crippen LogP contribution in [0.3, 0.4) is 0 Å². The molecule has 0 saturated heterocycles. The van der Waals surface area contributed by atoms with Gasteiger partial charge in [-0.25, -0.2) is 0 Å². The molecule has 84 valence electrons. The van der Waals surface area contributed by atoms with E-state index in [1.807, 2.05) is 11.7 Å². The largest absolute Gasteiger partial charge is 0.396 e. The maximum absolute atomic E-state index is 9.03. The van der Waals surface area contributed by atoms with Crippen LogP contribution in [0, 0.1) is 5.92 Å². The van der Waals surface area contributed by atoms with Gasteiger partial charge in [-0.3, -0.25) is 4.98 Å². The van der Waals surface area contributed by atoms with Crippen molar-refractivity contribution in [1.82, 2.24) is 10.3 Å². The van der Waals surface area contributed by atoms with Gasteiger partial charge in [0.15, 0.2) is 0 Å². The molecule has 1 saturated carbocycles. The summed E-state index contributed by atoms with van der Waals surface area (Å²) >= 11 is 1.70. The molecule has 0 aliphatic heterocycles. The summed E-state index contributed by atoms with van der Waals surface area (Å²) in [5, 5.41) is 12.6. The zero-order chi connectivity index (χ0) is 10.5. The van der Waals surface area contributed by atoms with Crippen molar-refractivity contribution in [3.05, 3.63) is 16.6 Å². The number of rotatable bonds is 4. The fraction of sp³-hybridized carbons (Fsp3) is 0.727. The fourth-order valence-electron chi connectivity index (χ4n) is 2.12. The van der Waals surface area contributed by atoms with Crippen molar-refractivity contribution >= 4 is 11.3 Å². The molecule has 1 aliphatic carbocycles. The van der Waals surface area contributed by atoms with E-state index in [9.17, 15) is 0 Å². The molecule has 2 N–H and O–H groups in total. The summed E-state index contributed by atoms with van der Waals surface area (Å²) < 4.78 is 0. The molecule has 15 heavy (non-hydrogen) atoms. The number of aromatic nitrogens is 1. The Labute approximate surface area is 94.5 Å². The summed E-state index contributed by atoms with van der Waals surface area (Å²) in [5.74, 6) is 0.548. The van der Waals surface area contributed by atoms with Crippen LogP contribution in [0.15, 0.2) is 11.7 Å². The minimum Gasteiger partial charge on any atom is -0.396 e. The molecule has 1 aromatic rings. The maximum atomic E-state index is 9.03. The van der Waals surface area contributed by atoms with E-state index in [1.165, 1.54) is 17.7 Å². The molecule has 4 heteroatoms. The molecule has 0 atom stereocenters. The lowest BCUT2D eigenvalue weighted by Crippen LogP contribution is -2.33. The molecule has 0 unspecified atom stereocenters. The minimum atomic E-state index is 0.363. The van der Waals surface area contributed by atoms with Crippen LogP contribution in [0.4, 0.5) is 0 Å². The van der Waals surface area contributed by atoms with Crippen molar-refractivity contribution < 1.29 is 5.11 Å². The number of aliphatic hydroxyl groups is 1. The van der Waals surface area contributed by atoms with E-state index in [0.29, 0.717) is 18.6 Å². The highest BCUT2D eigenvalue weighted by Crippen LogP contribution is 2.23. The monoisotopic (exact) mass is 226 g/mol. The molecule has 2 rings (SSSR count). The molecular weight excluding hydrogens is 208 g/mol. The van der Waals surface area contributed by atoms with Crippen LogP contribution in [0.5, 0.6) is 0 Å². The van der Waals surface area contributed by atoms with Crippen molar-refractivity contribution in [2.75, 3.05) is 6.61 Å². The van der Waals surface area contributed by atoms with Gasteiger partial charge in [0.05, 0.1) is 5.51 Å². The number of nitrogens with zero attached hydrogens (tertiary/aromatic N) is 1. The summed E-state index contributed by atoms with van der Waals surface area (Å²) in [6, 6.07) is 0.634. The minimum absolute atomic E-state index is 0.363. The standard InChI is InChI=1S/C11H18N2OS/c14-7-9-1-3-10(4-2-9)13-6-11-5-12-8-15-11/h5,8-10,13-14H,1-4,6-7H2. The quantitative estimate of drug-likeness (QED) is 0.822. The average molecular weight is 226 g/mol. The Morgan fingerprint density at radius 2 is 2.20 bits per heavy atom. The Bertz CT molecular complexity index is 268. The predicted octanol–water partition coefficient (Wildman–Crippen LogP) is 1.78. The topological polar surface area (TPSA) is 45.1 Å². The molecule has 1 aliphatic rings. The van der Waals surface area contributed by atoms with Gasteiger partial charge in [-0.15, -0.1) is 11.3 Å². The van der Waals surface area contributed by atoms with Crippen molar-refractivity contribution in [3.63, 3.8) is 0 Å². The van der Waals surface area contributed by atoms with Crippen LogP contribution in [0.1, 0.15) is 30.6 Å². The Morgan fingerprint density at radius 3 is 2.80 bits per heavy atom. The van der Waals surface area contributed by atoms with E-state index in [0.717, 1.165) is 19.4 Å². The highest BCUT2D eigenvalue weighted by atomic mass is 32.1. The first-order valence-electron chi connectivity index (χ1n) is 5.60. The molecule has 0 amide bonds.